The third-order valence-electron chi connectivity index (χ3n) is 4.55. The molecule has 0 bridgehead atoms. The smallest absolute Gasteiger partial charge is 0.336 e. The van der Waals surface area contributed by atoms with Crippen LogP contribution in [0.4, 0.5) is 5.69 Å². The number of methoxy groups -OCH3 is 1. The summed E-state index contributed by atoms with van der Waals surface area (Å²) in [5.74, 6) is -1.02. The Bertz CT molecular complexity index is 915. The van der Waals surface area contributed by atoms with Gasteiger partial charge in [0.1, 0.15) is 5.75 Å². The third-order valence-corrected chi connectivity index (χ3v) is 4.55. The van der Waals surface area contributed by atoms with Crippen molar-refractivity contribution in [2.45, 2.75) is 19.8 Å². The molecule has 0 saturated heterocycles. The summed E-state index contributed by atoms with van der Waals surface area (Å²) in [6.45, 7) is 3.90. The number of hydrogen-bond acceptors (Lipinski definition) is 7. The maximum atomic E-state index is 12.8. The molecule has 0 unspecified atom stereocenters. The zero-order valence-corrected chi connectivity index (χ0v) is 17.2. The first kappa shape index (κ1) is 21.1. The zero-order chi connectivity index (χ0) is 21.5. The molecule has 1 aromatic heterocycles. The Morgan fingerprint density at radius 1 is 0.933 bits per heavy atom. The summed E-state index contributed by atoms with van der Waals surface area (Å²) < 4.78 is 15.8. The number of esters is 2. The summed E-state index contributed by atoms with van der Waals surface area (Å²) in [5, 5.41) is 0. The van der Waals surface area contributed by atoms with Crippen molar-refractivity contribution in [2.24, 2.45) is 0 Å². The highest BCUT2D eigenvalue weighted by atomic mass is 16.5. The highest BCUT2D eigenvalue weighted by Crippen LogP contribution is 2.37. The van der Waals surface area contributed by atoms with Crippen molar-refractivity contribution in [1.29, 1.82) is 0 Å². The van der Waals surface area contributed by atoms with Crippen LogP contribution in [0.15, 0.2) is 72.2 Å². The largest absolute Gasteiger partial charge is 0.497 e. The summed E-state index contributed by atoms with van der Waals surface area (Å²) in [7, 11) is 1.59. The number of aromatic nitrogens is 1. The molecule has 0 aliphatic carbocycles. The lowest BCUT2D eigenvalue weighted by atomic mass is 9.86. The molecule has 0 saturated carbocycles. The lowest BCUT2D eigenvalue weighted by Gasteiger charge is -2.29. The predicted molar refractivity (Wildman–Crippen MR) is 112 cm³/mol. The summed E-state index contributed by atoms with van der Waals surface area (Å²) in [4.78, 5) is 31.8. The molecular formula is C23H24N2O5. The van der Waals surface area contributed by atoms with Gasteiger partial charge in [0, 0.05) is 24.3 Å². The molecule has 0 radical (unpaired) electrons. The van der Waals surface area contributed by atoms with Gasteiger partial charge in [0.15, 0.2) is 0 Å². The molecular weight excluding hydrogens is 384 g/mol. The van der Waals surface area contributed by atoms with E-state index in [1.54, 1.807) is 68.7 Å². The Morgan fingerprint density at radius 2 is 1.53 bits per heavy atom. The van der Waals surface area contributed by atoms with E-state index < -0.39 is 17.9 Å². The standard InChI is InChI=1S/C23H24N2O5/c1-4-29-22(26)18-14-25(16-9-11-17(28-3)12-10-16)15-19(23(27)30-5-2)21(18)20-8-6-7-13-24-20/h6-15,21H,4-5H2,1-3H3. The molecule has 1 aliphatic rings. The van der Waals surface area contributed by atoms with Crippen molar-refractivity contribution >= 4 is 17.6 Å². The lowest BCUT2D eigenvalue weighted by Crippen LogP contribution is -2.29. The molecule has 7 nitrogen and oxygen atoms in total. The second kappa shape index (κ2) is 9.73. The van der Waals surface area contributed by atoms with Crippen molar-refractivity contribution < 1.29 is 23.8 Å². The molecule has 0 spiro atoms. The van der Waals surface area contributed by atoms with E-state index in [0.29, 0.717) is 22.6 Å². The van der Waals surface area contributed by atoms with E-state index in [-0.39, 0.29) is 13.2 Å². The Labute approximate surface area is 175 Å². The van der Waals surface area contributed by atoms with E-state index in [9.17, 15) is 9.59 Å². The van der Waals surface area contributed by atoms with Crippen molar-refractivity contribution in [1.82, 2.24) is 4.98 Å². The van der Waals surface area contributed by atoms with E-state index in [1.807, 2.05) is 18.2 Å². The van der Waals surface area contributed by atoms with Gasteiger partial charge in [-0.05, 0) is 50.2 Å². The van der Waals surface area contributed by atoms with E-state index in [0.717, 1.165) is 5.69 Å². The van der Waals surface area contributed by atoms with Crippen LogP contribution < -0.4 is 9.64 Å². The summed E-state index contributed by atoms with van der Waals surface area (Å²) in [6, 6.07) is 12.6. The normalized spacial score (nSPS) is 13.9. The minimum Gasteiger partial charge on any atom is -0.497 e. The predicted octanol–water partition coefficient (Wildman–Crippen LogP) is 3.59. The topological polar surface area (TPSA) is 78.0 Å². The van der Waals surface area contributed by atoms with Gasteiger partial charge in [0.2, 0.25) is 0 Å². The Kier molecular flexibility index (Phi) is 6.85. The second-order valence-corrected chi connectivity index (χ2v) is 6.40. The van der Waals surface area contributed by atoms with Crippen LogP contribution in [0, 0.1) is 0 Å². The summed E-state index contributed by atoms with van der Waals surface area (Å²) >= 11 is 0. The van der Waals surface area contributed by atoms with Gasteiger partial charge in [0.05, 0.1) is 43.1 Å². The van der Waals surface area contributed by atoms with Crippen LogP contribution in [-0.4, -0.2) is 37.2 Å². The van der Waals surface area contributed by atoms with Crippen LogP contribution in [0.2, 0.25) is 0 Å². The average Bonchev–Trinajstić information content (AvgIpc) is 2.79. The van der Waals surface area contributed by atoms with Crippen LogP contribution in [0.3, 0.4) is 0 Å². The van der Waals surface area contributed by atoms with Gasteiger partial charge >= 0.3 is 11.9 Å². The summed E-state index contributed by atoms with van der Waals surface area (Å²) in [6.07, 6.45) is 4.96. The fraction of sp³-hybridized carbons (Fsp3) is 0.261. The molecule has 30 heavy (non-hydrogen) atoms. The van der Waals surface area contributed by atoms with Crippen LogP contribution in [0.5, 0.6) is 5.75 Å². The SMILES string of the molecule is CCOC(=O)C1=CN(c2ccc(OC)cc2)C=C(C(=O)OCC)C1c1ccccn1. The van der Waals surface area contributed by atoms with E-state index >= 15 is 0 Å². The fourth-order valence-corrected chi connectivity index (χ4v) is 3.19. The molecule has 7 heteroatoms. The maximum absolute atomic E-state index is 12.8. The van der Waals surface area contributed by atoms with Crippen molar-refractivity contribution in [2.75, 3.05) is 25.2 Å². The molecule has 2 aromatic rings. The first-order valence-corrected chi connectivity index (χ1v) is 9.70. The number of anilines is 1. The number of carbonyl (C=O) groups is 2. The highest BCUT2D eigenvalue weighted by Gasteiger charge is 2.36. The number of nitrogens with zero attached hydrogens (tertiary/aromatic N) is 2. The fourth-order valence-electron chi connectivity index (χ4n) is 3.19. The monoisotopic (exact) mass is 408 g/mol. The number of rotatable bonds is 7. The minimum absolute atomic E-state index is 0.214. The van der Waals surface area contributed by atoms with Gasteiger partial charge in [0.25, 0.3) is 0 Å². The number of ether oxygens (including phenoxy) is 3. The zero-order valence-electron chi connectivity index (χ0n) is 17.2. The second-order valence-electron chi connectivity index (χ2n) is 6.40. The highest BCUT2D eigenvalue weighted by molar-refractivity contribution is 5.99. The summed E-state index contributed by atoms with van der Waals surface area (Å²) in [5.41, 5.74) is 1.91. The number of hydrogen-bond donors (Lipinski definition) is 0. The molecule has 0 amide bonds. The van der Waals surface area contributed by atoms with Gasteiger partial charge in [-0.25, -0.2) is 9.59 Å². The van der Waals surface area contributed by atoms with E-state index in [1.165, 1.54) is 0 Å². The number of carbonyl (C=O) groups excluding carboxylic acids is 2. The molecule has 0 atom stereocenters. The minimum atomic E-state index is -0.696. The molecule has 0 fully saturated rings. The van der Waals surface area contributed by atoms with Crippen LogP contribution in [-0.2, 0) is 19.1 Å². The third kappa shape index (κ3) is 4.51. The quantitative estimate of drug-likeness (QED) is 0.648. The first-order chi connectivity index (χ1) is 14.6. The average molecular weight is 408 g/mol. The Balaban J connectivity index is 2.13. The van der Waals surface area contributed by atoms with Crippen LogP contribution in [0.1, 0.15) is 25.5 Å². The number of pyridine rings is 1. The Morgan fingerprint density at radius 3 is 2.00 bits per heavy atom. The molecule has 156 valence electrons. The maximum Gasteiger partial charge on any atom is 0.336 e. The van der Waals surface area contributed by atoms with Crippen molar-refractivity contribution in [3.05, 3.63) is 77.9 Å². The van der Waals surface area contributed by atoms with Crippen molar-refractivity contribution in [3.63, 3.8) is 0 Å². The molecule has 1 aliphatic heterocycles. The van der Waals surface area contributed by atoms with E-state index in [4.69, 9.17) is 14.2 Å². The van der Waals surface area contributed by atoms with Crippen LogP contribution in [0.25, 0.3) is 0 Å². The van der Waals surface area contributed by atoms with Crippen molar-refractivity contribution in [3.8, 4) is 5.75 Å². The molecule has 1 aromatic carbocycles. The first-order valence-electron chi connectivity index (χ1n) is 9.70. The van der Waals surface area contributed by atoms with E-state index in [2.05, 4.69) is 4.98 Å². The van der Waals surface area contributed by atoms with Crippen LogP contribution >= 0.6 is 0 Å². The van der Waals surface area contributed by atoms with Gasteiger partial charge < -0.3 is 19.1 Å². The van der Waals surface area contributed by atoms with Gasteiger partial charge in [-0.2, -0.15) is 0 Å². The Hall–Kier alpha value is -3.61. The molecule has 0 N–H and O–H groups in total. The van der Waals surface area contributed by atoms with Gasteiger partial charge in [-0.15, -0.1) is 0 Å². The van der Waals surface area contributed by atoms with Gasteiger partial charge in [-0.3, -0.25) is 4.98 Å². The number of benzene rings is 1. The van der Waals surface area contributed by atoms with Gasteiger partial charge in [-0.1, -0.05) is 6.07 Å². The molecule has 3 rings (SSSR count). The molecule has 2 heterocycles. The lowest BCUT2D eigenvalue weighted by molar-refractivity contribution is -0.139.